The van der Waals surface area contributed by atoms with Crippen LogP contribution in [-0.4, -0.2) is 23.1 Å². The molecule has 1 aliphatic rings. The third kappa shape index (κ3) is 4.32. The molecule has 0 spiro atoms. The standard InChI is InChI=1S/C21H17F4N3O3/c1-27-5-2-6-28-19(27)10-18(26-21(28)29)30-11-12-7-16(24)20(17(25)8-12)31-13-3-4-14(22)15(23)9-13/h3-4,7-10H,2,5-6,11H2,1H3. The van der Waals surface area contributed by atoms with E-state index in [0.29, 0.717) is 18.4 Å². The van der Waals surface area contributed by atoms with E-state index in [9.17, 15) is 22.4 Å². The summed E-state index contributed by atoms with van der Waals surface area (Å²) in [4.78, 5) is 17.9. The number of ether oxygens (including phenoxy) is 2. The average molecular weight is 435 g/mol. The number of fused-ring (bicyclic) bond motifs is 1. The molecular formula is C21H17F4N3O3. The molecule has 0 aliphatic carbocycles. The van der Waals surface area contributed by atoms with Crippen LogP contribution in [-0.2, 0) is 13.2 Å². The fourth-order valence-electron chi connectivity index (χ4n) is 3.26. The van der Waals surface area contributed by atoms with Crippen molar-refractivity contribution in [3.8, 4) is 17.4 Å². The van der Waals surface area contributed by atoms with Gasteiger partial charge in [0.25, 0.3) is 0 Å². The van der Waals surface area contributed by atoms with Crippen molar-refractivity contribution < 1.29 is 27.0 Å². The summed E-state index contributed by atoms with van der Waals surface area (Å²) < 4.78 is 67.0. The molecule has 0 fully saturated rings. The Hall–Kier alpha value is -3.56. The van der Waals surface area contributed by atoms with E-state index in [1.165, 1.54) is 4.57 Å². The fourth-order valence-corrected chi connectivity index (χ4v) is 3.26. The molecule has 162 valence electrons. The molecule has 0 N–H and O–H groups in total. The zero-order valence-corrected chi connectivity index (χ0v) is 16.4. The molecule has 6 nitrogen and oxygen atoms in total. The Morgan fingerprint density at radius 1 is 0.968 bits per heavy atom. The lowest BCUT2D eigenvalue weighted by Crippen LogP contribution is -2.36. The summed E-state index contributed by atoms with van der Waals surface area (Å²) in [6.45, 7) is 1.08. The van der Waals surface area contributed by atoms with Gasteiger partial charge in [0.15, 0.2) is 29.0 Å². The number of benzene rings is 2. The minimum atomic E-state index is -1.21. The predicted octanol–water partition coefficient (Wildman–Crippen LogP) is 4.01. The highest BCUT2D eigenvalue weighted by molar-refractivity contribution is 5.43. The number of nitrogens with zero attached hydrogens (tertiary/aromatic N) is 3. The Balaban J connectivity index is 1.51. The number of aromatic nitrogens is 2. The molecule has 2 aromatic carbocycles. The maximum atomic E-state index is 14.4. The van der Waals surface area contributed by atoms with Crippen LogP contribution < -0.4 is 20.1 Å². The monoisotopic (exact) mass is 435 g/mol. The van der Waals surface area contributed by atoms with Crippen LogP contribution in [0.3, 0.4) is 0 Å². The van der Waals surface area contributed by atoms with Crippen LogP contribution in [0.1, 0.15) is 12.0 Å². The molecule has 0 saturated carbocycles. The van der Waals surface area contributed by atoms with E-state index in [2.05, 4.69) is 4.98 Å². The lowest BCUT2D eigenvalue weighted by Gasteiger charge is -2.28. The molecule has 31 heavy (non-hydrogen) atoms. The van der Waals surface area contributed by atoms with Gasteiger partial charge in [-0.05, 0) is 36.2 Å². The lowest BCUT2D eigenvalue weighted by atomic mass is 10.2. The summed E-state index contributed by atoms with van der Waals surface area (Å²) in [6, 6.07) is 6.07. The number of anilines is 1. The summed E-state index contributed by atoms with van der Waals surface area (Å²) in [6.07, 6.45) is 0.822. The second kappa shape index (κ2) is 8.29. The first-order valence-electron chi connectivity index (χ1n) is 9.38. The molecule has 0 radical (unpaired) electrons. The van der Waals surface area contributed by atoms with E-state index in [1.807, 2.05) is 11.9 Å². The minimum absolute atomic E-state index is 0.0351. The zero-order chi connectivity index (χ0) is 22.1. The van der Waals surface area contributed by atoms with Crippen molar-refractivity contribution in [2.75, 3.05) is 18.5 Å². The predicted molar refractivity (Wildman–Crippen MR) is 104 cm³/mol. The molecule has 1 aromatic heterocycles. The van der Waals surface area contributed by atoms with E-state index in [-0.39, 0.29) is 23.8 Å². The maximum absolute atomic E-state index is 14.4. The van der Waals surface area contributed by atoms with E-state index in [4.69, 9.17) is 9.47 Å². The van der Waals surface area contributed by atoms with Gasteiger partial charge in [0.2, 0.25) is 5.88 Å². The summed E-state index contributed by atoms with van der Waals surface area (Å²) >= 11 is 0. The largest absolute Gasteiger partial charge is 0.473 e. The topological polar surface area (TPSA) is 56.6 Å². The Kier molecular flexibility index (Phi) is 5.53. The van der Waals surface area contributed by atoms with E-state index >= 15 is 0 Å². The second-order valence-electron chi connectivity index (χ2n) is 7.02. The third-order valence-corrected chi connectivity index (χ3v) is 4.79. The summed E-state index contributed by atoms with van der Waals surface area (Å²) in [7, 11) is 1.84. The first-order valence-corrected chi connectivity index (χ1v) is 9.38. The molecule has 2 heterocycles. The van der Waals surface area contributed by atoms with Gasteiger partial charge in [0.1, 0.15) is 18.2 Å². The van der Waals surface area contributed by atoms with Crippen molar-refractivity contribution in [3.63, 3.8) is 0 Å². The SMILES string of the molecule is CN1CCCn2c1cc(OCc1cc(F)c(Oc3ccc(F)c(F)c3)c(F)c1)nc2=O. The average Bonchev–Trinajstić information content (AvgIpc) is 2.72. The lowest BCUT2D eigenvalue weighted by molar-refractivity contribution is 0.288. The number of rotatable bonds is 5. The summed E-state index contributed by atoms with van der Waals surface area (Å²) in [5.74, 6) is -4.76. The Morgan fingerprint density at radius 2 is 1.71 bits per heavy atom. The van der Waals surface area contributed by atoms with Gasteiger partial charge in [-0.15, -0.1) is 0 Å². The second-order valence-corrected chi connectivity index (χ2v) is 7.02. The Bertz CT molecular complexity index is 1180. The van der Waals surface area contributed by atoms with Gasteiger partial charge in [-0.1, -0.05) is 0 Å². The normalized spacial score (nSPS) is 13.1. The van der Waals surface area contributed by atoms with Crippen LogP contribution >= 0.6 is 0 Å². The van der Waals surface area contributed by atoms with Gasteiger partial charge >= 0.3 is 5.69 Å². The molecule has 0 unspecified atom stereocenters. The first kappa shape index (κ1) is 20.7. The van der Waals surface area contributed by atoms with Crippen molar-refractivity contribution in [1.82, 2.24) is 9.55 Å². The Labute approximate surface area is 174 Å². The highest BCUT2D eigenvalue weighted by atomic mass is 19.2. The fraction of sp³-hybridized carbons (Fsp3) is 0.238. The van der Waals surface area contributed by atoms with Crippen LogP contribution in [0.5, 0.6) is 17.4 Å². The zero-order valence-electron chi connectivity index (χ0n) is 16.4. The molecule has 0 bridgehead atoms. The number of hydrogen-bond donors (Lipinski definition) is 0. The molecule has 1 aliphatic heterocycles. The van der Waals surface area contributed by atoms with Crippen LogP contribution in [0.25, 0.3) is 0 Å². The van der Waals surface area contributed by atoms with E-state index in [0.717, 1.165) is 37.2 Å². The van der Waals surface area contributed by atoms with Crippen LogP contribution in [0.2, 0.25) is 0 Å². The van der Waals surface area contributed by atoms with Crippen LogP contribution in [0, 0.1) is 23.3 Å². The Morgan fingerprint density at radius 3 is 2.42 bits per heavy atom. The summed E-state index contributed by atoms with van der Waals surface area (Å²) in [5, 5.41) is 0. The highest BCUT2D eigenvalue weighted by Gasteiger charge is 2.18. The number of halogens is 4. The number of hydrogen-bond acceptors (Lipinski definition) is 5. The van der Waals surface area contributed by atoms with Gasteiger partial charge in [-0.2, -0.15) is 4.98 Å². The molecule has 0 atom stereocenters. The van der Waals surface area contributed by atoms with Crippen molar-refractivity contribution in [1.29, 1.82) is 0 Å². The molecule has 0 amide bonds. The van der Waals surface area contributed by atoms with Gasteiger partial charge in [-0.25, -0.2) is 22.4 Å². The van der Waals surface area contributed by atoms with Crippen molar-refractivity contribution >= 4 is 5.82 Å². The van der Waals surface area contributed by atoms with Crippen molar-refractivity contribution in [2.24, 2.45) is 0 Å². The molecule has 3 aromatic rings. The highest BCUT2D eigenvalue weighted by Crippen LogP contribution is 2.30. The van der Waals surface area contributed by atoms with Gasteiger partial charge in [0.05, 0.1) is 0 Å². The van der Waals surface area contributed by atoms with Crippen LogP contribution in [0.15, 0.2) is 41.2 Å². The van der Waals surface area contributed by atoms with Crippen LogP contribution in [0.4, 0.5) is 23.4 Å². The smallest absolute Gasteiger partial charge is 0.352 e. The maximum Gasteiger partial charge on any atom is 0.352 e. The summed E-state index contributed by atoms with van der Waals surface area (Å²) in [5.41, 5.74) is -0.340. The molecular weight excluding hydrogens is 418 g/mol. The van der Waals surface area contributed by atoms with Gasteiger partial charge in [-0.3, -0.25) is 4.57 Å². The van der Waals surface area contributed by atoms with E-state index < -0.39 is 34.7 Å². The molecule has 10 heteroatoms. The van der Waals surface area contributed by atoms with Crippen molar-refractivity contribution in [3.05, 3.63) is 75.7 Å². The first-order chi connectivity index (χ1) is 14.8. The third-order valence-electron chi connectivity index (χ3n) is 4.79. The van der Waals surface area contributed by atoms with Crippen molar-refractivity contribution in [2.45, 2.75) is 19.6 Å². The van der Waals surface area contributed by atoms with Gasteiger partial charge in [0, 0.05) is 32.3 Å². The van der Waals surface area contributed by atoms with Gasteiger partial charge < -0.3 is 14.4 Å². The minimum Gasteiger partial charge on any atom is -0.473 e. The quantitative estimate of drug-likeness (QED) is 0.567. The molecule has 4 rings (SSSR count). The molecule has 0 saturated heterocycles. The van der Waals surface area contributed by atoms with E-state index in [1.54, 1.807) is 6.07 Å².